The number of benzene rings is 2. The van der Waals surface area contributed by atoms with Gasteiger partial charge in [0.15, 0.2) is 5.52 Å². The summed E-state index contributed by atoms with van der Waals surface area (Å²) in [5.41, 5.74) is 2.99. The summed E-state index contributed by atoms with van der Waals surface area (Å²) in [5, 5.41) is 10.0. The number of nitrogens with one attached hydrogen (secondary N) is 1. The Kier molecular flexibility index (Phi) is 4.88. The fourth-order valence-corrected chi connectivity index (χ4v) is 3.85. The van der Waals surface area contributed by atoms with Crippen molar-refractivity contribution in [3.05, 3.63) is 53.1 Å². The molecule has 1 N–H and O–H groups in total. The van der Waals surface area contributed by atoms with Crippen molar-refractivity contribution < 1.29 is 13.4 Å². The number of piperazine rings is 1. The van der Waals surface area contributed by atoms with Crippen molar-refractivity contribution in [2.45, 2.75) is 6.04 Å². The predicted octanol–water partition coefficient (Wildman–Crippen LogP) is 2.04. The minimum Gasteiger partial charge on any atom is -0.759 e. The SMILES string of the molecule is O=S([O-])NN1CCN(c2ccccc2)C(c2ccc(Cl)c3nonc23)C1. The number of hydrogen-bond donors (Lipinski definition) is 1. The van der Waals surface area contributed by atoms with Crippen molar-refractivity contribution in [2.24, 2.45) is 0 Å². The van der Waals surface area contributed by atoms with Crippen molar-refractivity contribution in [1.82, 2.24) is 20.2 Å². The molecule has 136 valence electrons. The molecule has 0 amide bonds. The van der Waals surface area contributed by atoms with Gasteiger partial charge in [0.2, 0.25) is 0 Å². The van der Waals surface area contributed by atoms with Crippen LogP contribution in [0.15, 0.2) is 47.1 Å². The van der Waals surface area contributed by atoms with Crippen LogP contribution in [-0.4, -0.2) is 43.7 Å². The molecular weight excluding hydrogens is 378 g/mol. The maximum absolute atomic E-state index is 11.1. The third-order valence-corrected chi connectivity index (χ3v) is 5.14. The lowest BCUT2D eigenvalue weighted by Gasteiger charge is -2.43. The van der Waals surface area contributed by atoms with Crippen LogP contribution in [0.1, 0.15) is 11.6 Å². The van der Waals surface area contributed by atoms with Gasteiger partial charge in [0.25, 0.3) is 0 Å². The predicted molar refractivity (Wildman–Crippen MR) is 97.0 cm³/mol. The van der Waals surface area contributed by atoms with E-state index >= 15 is 0 Å². The summed E-state index contributed by atoms with van der Waals surface area (Å²) in [5.74, 6) is 0. The average Bonchev–Trinajstić information content (AvgIpc) is 3.13. The van der Waals surface area contributed by atoms with E-state index in [1.165, 1.54) is 0 Å². The van der Waals surface area contributed by atoms with Crippen LogP contribution in [0.2, 0.25) is 5.02 Å². The zero-order valence-corrected chi connectivity index (χ0v) is 15.1. The number of halogens is 1. The summed E-state index contributed by atoms with van der Waals surface area (Å²) in [4.78, 5) is 4.66. The second-order valence-corrected chi connectivity index (χ2v) is 6.97. The Hall–Kier alpha value is -2.04. The van der Waals surface area contributed by atoms with Crippen molar-refractivity contribution >= 4 is 39.6 Å². The summed E-state index contributed by atoms with van der Waals surface area (Å²) < 4.78 is 27.0. The second kappa shape index (κ2) is 7.29. The number of hydrogen-bond acceptors (Lipinski definition) is 7. The first-order valence-corrected chi connectivity index (χ1v) is 9.41. The lowest BCUT2D eigenvalue weighted by atomic mass is 10.0. The molecule has 2 heterocycles. The summed E-state index contributed by atoms with van der Waals surface area (Å²) in [7, 11) is 0. The molecule has 0 bridgehead atoms. The standard InChI is InChI=1S/C16H16ClN5O3S/c17-13-7-6-12(15-16(13)19-25-18-15)14-10-21(20-26(23)24)8-9-22(14)11-4-2-1-3-5-11/h1-7,14,20H,8-10H2,(H,23,24)/p-1. The van der Waals surface area contributed by atoms with Crippen LogP contribution in [0.4, 0.5) is 5.69 Å². The van der Waals surface area contributed by atoms with Gasteiger partial charge in [-0.15, -0.1) is 0 Å². The number of hydrazine groups is 1. The van der Waals surface area contributed by atoms with E-state index in [4.69, 9.17) is 16.2 Å². The van der Waals surface area contributed by atoms with E-state index in [1.807, 2.05) is 36.4 Å². The smallest absolute Gasteiger partial charge is 0.154 e. The number of nitrogens with zero attached hydrogens (tertiary/aromatic N) is 4. The average molecular weight is 393 g/mol. The minimum atomic E-state index is -2.37. The number of aromatic nitrogens is 2. The summed E-state index contributed by atoms with van der Waals surface area (Å²) in [6.45, 7) is 1.62. The quantitative estimate of drug-likeness (QED) is 0.678. The van der Waals surface area contributed by atoms with Gasteiger partial charge in [-0.25, -0.2) is 9.64 Å². The molecule has 1 saturated heterocycles. The van der Waals surface area contributed by atoms with E-state index in [9.17, 15) is 8.76 Å². The molecular formula is C16H15ClN5O3S-. The first-order valence-electron chi connectivity index (χ1n) is 7.96. The van der Waals surface area contributed by atoms with Crippen LogP contribution in [0.3, 0.4) is 0 Å². The Labute approximate surface area is 157 Å². The Morgan fingerprint density at radius 1 is 1.15 bits per heavy atom. The van der Waals surface area contributed by atoms with Crippen LogP contribution in [0, 0.1) is 0 Å². The molecule has 2 unspecified atom stereocenters. The van der Waals surface area contributed by atoms with Gasteiger partial charge in [-0.3, -0.25) is 4.21 Å². The summed E-state index contributed by atoms with van der Waals surface area (Å²) in [6.07, 6.45) is 0. The van der Waals surface area contributed by atoms with Gasteiger partial charge < -0.3 is 9.45 Å². The normalized spacial score (nSPS) is 19.8. The first-order chi connectivity index (χ1) is 12.6. The Morgan fingerprint density at radius 2 is 1.92 bits per heavy atom. The first kappa shape index (κ1) is 17.4. The number of rotatable bonds is 4. The number of fused-ring (bicyclic) bond motifs is 1. The summed E-state index contributed by atoms with van der Waals surface area (Å²) in [6, 6.07) is 13.4. The molecule has 1 aromatic heterocycles. The van der Waals surface area contributed by atoms with Gasteiger partial charge in [0.05, 0.1) is 11.1 Å². The van der Waals surface area contributed by atoms with Crippen molar-refractivity contribution in [2.75, 3.05) is 24.5 Å². The van der Waals surface area contributed by atoms with Crippen LogP contribution in [-0.2, 0) is 11.3 Å². The molecule has 26 heavy (non-hydrogen) atoms. The van der Waals surface area contributed by atoms with E-state index < -0.39 is 11.3 Å². The van der Waals surface area contributed by atoms with E-state index in [2.05, 4.69) is 20.0 Å². The number of anilines is 1. The van der Waals surface area contributed by atoms with Gasteiger partial charge in [-0.1, -0.05) is 35.9 Å². The third-order valence-electron chi connectivity index (χ3n) is 4.43. The molecule has 3 aromatic rings. The van der Waals surface area contributed by atoms with Crippen LogP contribution < -0.4 is 9.73 Å². The Balaban J connectivity index is 1.77. The van der Waals surface area contributed by atoms with Crippen molar-refractivity contribution in [3.63, 3.8) is 0 Å². The lowest BCUT2D eigenvalue weighted by molar-refractivity contribution is 0.193. The zero-order valence-electron chi connectivity index (χ0n) is 13.5. The molecule has 1 fully saturated rings. The molecule has 8 nitrogen and oxygen atoms in total. The van der Waals surface area contributed by atoms with Crippen LogP contribution >= 0.6 is 11.6 Å². The molecule has 2 atom stereocenters. The van der Waals surface area contributed by atoms with Crippen LogP contribution in [0.25, 0.3) is 11.0 Å². The maximum Gasteiger partial charge on any atom is 0.154 e. The van der Waals surface area contributed by atoms with Gasteiger partial charge in [-0.05, 0) is 28.5 Å². The van der Waals surface area contributed by atoms with Crippen molar-refractivity contribution in [1.29, 1.82) is 0 Å². The van der Waals surface area contributed by atoms with E-state index in [1.54, 1.807) is 11.1 Å². The maximum atomic E-state index is 11.1. The monoisotopic (exact) mass is 392 g/mol. The molecule has 0 radical (unpaired) electrons. The molecule has 0 saturated carbocycles. The van der Waals surface area contributed by atoms with Gasteiger partial charge in [0.1, 0.15) is 5.52 Å². The minimum absolute atomic E-state index is 0.158. The van der Waals surface area contributed by atoms with Gasteiger partial charge in [0, 0.05) is 42.2 Å². The zero-order chi connectivity index (χ0) is 18.1. The highest BCUT2D eigenvalue weighted by Crippen LogP contribution is 2.35. The number of para-hydroxylation sites is 1. The Bertz CT molecular complexity index is 938. The summed E-state index contributed by atoms with van der Waals surface area (Å²) >= 11 is 3.81. The topological polar surface area (TPSA) is 97.6 Å². The fourth-order valence-electron chi connectivity index (χ4n) is 3.29. The fraction of sp³-hybridized carbons (Fsp3) is 0.250. The lowest BCUT2D eigenvalue weighted by Crippen LogP contribution is -2.53. The van der Waals surface area contributed by atoms with Gasteiger partial charge >= 0.3 is 0 Å². The molecule has 2 aromatic carbocycles. The highest BCUT2D eigenvalue weighted by Gasteiger charge is 2.31. The van der Waals surface area contributed by atoms with E-state index in [0.717, 1.165) is 11.3 Å². The van der Waals surface area contributed by atoms with Crippen LogP contribution in [0.5, 0.6) is 0 Å². The highest BCUT2D eigenvalue weighted by atomic mass is 35.5. The van der Waals surface area contributed by atoms with Gasteiger partial charge in [-0.2, -0.15) is 4.83 Å². The van der Waals surface area contributed by atoms with E-state index in [-0.39, 0.29) is 6.04 Å². The van der Waals surface area contributed by atoms with Crippen molar-refractivity contribution in [3.8, 4) is 0 Å². The second-order valence-electron chi connectivity index (χ2n) is 5.91. The third kappa shape index (κ3) is 3.31. The largest absolute Gasteiger partial charge is 0.759 e. The molecule has 0 aliphatic carbocycles. The molecule has 1 aliphatic rings. The Morgan fingerprint density at radius 3 is 2.69 bits per heavy atom. The molecule has 0 spiro atoms. The highest BCUT2D eigenvalue weighted by molar-refractivity contribution is 7.76. The van der Waals surface area contributed by atoms with E-state index in [0.29, 0.717) is 35.7 Å². The molecule has 4 rings (SSSR count). The molecule has 1 aliphatic heterocycles. The molecule has 10 heteroatoms.